The van der Waals surface area contributed by atoms with Gasteiger partial charge < -0.3 is 5.32 Å². The highest BCUT2D eigenvalue weighted by molar-refractivity contribution is 5.45. The van der Waals surface area contributed by atoms with Gasteiger partial charge in [-0.25, -0.2) is 8.78 Å². The molecule has 1 aromatic rings. The summed E-state index contributed by atoms with van der Waals surface area (Å²) in [6.07, 6.45) is 0. The highest BCUT2D eigenvalue weighted by Gasteiger charge is 2.07. The minimum Gasteiger partial charge on any atom is -0.380 e. The van der Waals surface area contributed by atoms with Crippen LogP contribution in [0.5, 0.6) is 0 Å². The second kappa shape index (κ2) is 3.52. The first-order valence-electron chi connectivity index (χ1n) is 3.82. The molecule has 0 spiro atoms. The van der Waals surface area contributed by atoms with Gasteiger partial charge in [-0.2, -0.15) is 0 Å². The second-order valence-corrected chi connectivity index (χ2v) is 2.90. The molecule has 0 fully saturated rings. The van der Waals surface area contributed by atoms with Crippen molar-refractivity contribution in [3.8, 4) is 0 Å². The SMILES string of the molecule is CC(C)Nc1cccc(F)c1F. The zero-order chi connectivity index (χ0) is 9.14. The molecule has 0 radical (unpaired) electrons. The monoisotopic (exact) mass is 171 g/mol. The molecule has 0 unspecified atom stereocenters. The number of rotatable bonds is 2. The maximum absolute atomic E-state index is 12.9. The molecule has 66 valence electrons. The summed E-state index contributed by atoms with van der Waals surface area (Å²) in [7, 11) is 0. The predicted octanol–water partition coefficient (Wildman–Crippen LogP) is 2.79. The molecule has 1 nitrogen and oxygen atoms in total. The summed E-state index contributed by atoms with van der Waals surface area (Å²) in [6.45, 7) is 3.73. The summed E-state index contributed by atoms with van der Waals surface area (Å²) in [5.74, 6) is -1.63. The lowest BCUT2D eigenvalue weighted by atomic mass is 10.2. The number of benzene rings is 1. The molecule has 1 rings (SSSR count). The predicted molar refractivity (Wildman–Crippen MR) is 45.1 cm³/mol. The van der Waals surface area contributed by atoms with Crippen molar-refractivity contribution in [3.63, 3.8) is 0 Å². The quantitative estimate of drug-likeness (QED) is 0.721. The van der Waals surface area contributed by atoms with Crippen molar-refractivity contribution in [2.75, 3.05) is 5.32 Å². The van der Waals surface area contributed by atoms with E-state index in [2.05, 4.69) is 5.32 Å². The van der Waals surface area contributed by atoms with Gasteiger partial charge in [-0.3, -0.25) is 0 Å². The third kappa shape index (κ3) is 1.94. The smallest absolute Gasteiger partial charge is 0.181 e. The van der Waals surface area contributed by atoms with E-state index in [1.165, 1.54) is 12.1 Å². The minimum absolute atomic E-state index is 0.0984. The average Bonchev–Trinajstić information content (AvgIpc) is 1.98. The zero-order valence-electron chi connectivity index (χ0n) is 7.07. The molecular weight excluding hydrogens is 160 g/mol. The molecule has 0 bridgehead atoms. The molecule has 0 amide bonds. The Hall–Kier alpha value is -1.12. The van der Waals surface area contributed by atoms with Crippen molar-refractivity contribution in [1.29, 1.82) is 0 Å². The first-order valence-corrected chi connectivity index (χ1v) is 3.82. The van der Waals surface area contributed by atoms with E-state index in [1.807, 2.05) is 13.8 Å². The molecular formula is C9H11F2N. The highest BCUT2D eigenvalue weighted by Crippen LogP contribution is 2.16. The largest absolute Gasteiger partial charge is 0.380 e. The maximum Gasteiger partial charge on any atom is 0.181 e. The fraction of sp³-hybridized carbons (Fsp3) is 0.333. The standard InChI is InChI=1S/C9H11F2N/c1-6(2)12-8-5-3-4-7(10)9(8)11/h3-6,12H,1-2H3. The number of hydrogen-bond acceptors (Lipinski definition) is 1. The van der Waals surface area contributed by atoms with Crippen LogP contribution in [0.15, 0.2) is 18.2 Å². The van der Waals surface area contributed by atoms with Crippen molar-refractivity contribution >= 4 is 5.69 Å². The molecule has 3 heteroatoms. The molecule has 0 aliphatic carbocycles. The van der Waals surface area contributed by atoms with Crippen molar-refractivity contribution in [1.82, 2.24) is 0 Å². The summed E-state index contributed by atoms with van der Waals surface area (Å²) >= 11 is 0. The van der Waals surface area contributed by atoms with Crippen molar-refractivity contribution in [3.05, 3.63) is 29.8 Å². The van der Waals surface area contributed by atoms with Crippen molar-refractivity contribution < 1.29 is 8.78 Å². The molecule has 0 aliphatic rings. The third-order valence-electron chi connectivity index (χ3n) is 1.40. The van der Waals surface area contributed by atoms with Gasteiger partial charge in [-0.15, -0.1) is 0 Å². The van der Waals surface area contributed by atoms with Gasteiger partial charge in [0.05, 0.1) is 5.69 Å². The molecule has 0 saturated heterocycles. The number of hydrogen-bond donors (Lipinski definition) is 1. The summed E-state index contributed by atoms with van der Waals surface area (Å²) in [5, 5.41) is 2.80. The Kier molecular flexibility index (Phi) is 2.63. The van der Waals surface area contributed by atoms with Crippen LogP contribution in [0.25, 0.3) is 0 Å². The van der Waals surface area contributed by atoms with Gasteiger partial charge in [0.2, 0.25) is 0 Å². The van der Waals surface area contributed by atoms with Crippen LogP contribution in [-0.2, 0) is 0 Å². The van der Waals surface area contributed by atoms with Crippen LogP contribution in [0.1, 0.15) is 13.8 Å². The van der Waals surface area contributed by atoms with E-state index in [4.69, 9.17) is 0 Å². The first-order chi connectivity index (χ1) is 5.61. The van der Waals surface area contributed by atoms with Crippen molar-refractivity contribution in [2.45, 2.75) is 19.9 Å². The van der Waals surface area contributed by atoms with E-state index in [-0.39, 0.29) is 11.7 Å². The molecule has 0 atom stereocenters. The summed E-state index contributed by atoms with van der Waals surface area (Å²) in [6, 6.07) is 4.18. The van der Waals surface area contributed by atoms with Gasteiger partial charge in [-0.1, -0.05) is 6.07 Å². The van der Waals surface area contributed by atoms with Crippen LogP contribution in [0.3, 0.4) is 0 Å². The molecule has 12 heavy (non-hydrogen) atoms. The molecule has 1 N–H and O–H groups in total. The zero-order valence-corrected chi connectivity index (χ0v) is 7.07. The van der Waals surface area contributed by atoms with Crippen LogP contribution in [0.4, 0.5) is 14.5 Å². The molecule has 0 aromatic heterocycles. The lowest BCUT2D eigenvalue weighted by Crippen LogP contribution is -2.11. The normalized spacial score (nSPS) is 10.4. The number of nitrogens with one attached hydrogen (secondary N) is 1. The maximum atomic E-state index is 12.9. The van der Waals surface area contributed by atoms with Crippen LogP contribution in [0, 0.1) is 11.6 Å². The molecule has 0 saturated carbocycles. The minimum atomic E-state index is -0.819. The number of halogens is 2. The van der Waals surface area contributed by atoms with Gasteiger partial charge in [0.25, 0.3) is 0 Å². The van der Waals surface area contributed by atoms with Gasteiger partial charge in [0.15, 0.2) is 11.6 Å². The van der Waals surface area contributed by atoms with Crippen LogP contribution in [-0.4, -0.2) is 6.04 Å². The Bertz CT molecular complexity index is 271. The Morgan fingerprint density at radius 2 is 1.92 bits per heavy atom. The Morgan fingerprint density at radius 3 is 2.50 bits per heavy atom. The van der Waals surface area contributed by atoms with Crippen molar-refractivity contribution in [2.24, 2.45) is 0 Å². The molecule has 0 heterocycles. The van der Waals surface area contributed by atoms with Gasteiger partial charge in [-0.05, 0) is 26.0 Å². The fourth-order valence-electron chi connectivity index (χ4n) is 0.926. The van der Waals surface area contributed by atoms with E-state index in [1.54, 1.807) is 0 Å². The van der Waals surface area contributed by atoms with Gasteiger partial charge in [0, 0.05) is 6.04 Å². The lowest BCUT2D eigenvalue weighted by Gasteiger charge is -2.10. The summed E-state index contributed by atoms with van der Waals surface area (Å²) in [4.78, 5) is 0. The second-order valence-electron chi connectivity index (χ2n) is 2.90. The molecule has 1 aromatic carbocycles. The summed E-state index contributed by atoms with van der Waals surface area (Å²) < 4.78 is 25.5. The Labute approximate surface area is 70.4 Å². The number of anilines is 1. The first kappa shape index (κ1) is 8.97. The van der Waals surface area contributed by atoms with Gasteiger partial charge in [0.1, 0.15) is 0 Å². The fourth-order valence-corrected chi connectivity index (χ4v) is 0.926. The van der Waals surface area contributed by atoms with Crippen LogP contribution in [0.2, 0.25) is 0 Å². The Balaban J connectivity index is 2.92. The average molecular weight is 171 g/mol. The van der Waals surface area contributed by atoms with E-state index >= 15 is 0 Å². The molecule has 0 aliphatic heterocycles. The topological polar surface area (TPSA) is 12.0 Å². The van der Waals surface area contributed by atoms with E-state index in [0.29, 0.717) is 0 Å². The Morgan fingerprint density at radius 1 is 1.25 bits per heavy atom. The lowest BCUT2D eigenvalue weighted by molar-refractivity contribution is 0.510. The van der Waals surface area contributed by atoms with E-state index < -0.39 is 11.6 Å². The van der Waals surface area contributed by atoms with Crippen LogP contribution >= 0.6 is 0 Å². The third-order valence-corrected chi connectivity index (χ3v) is 1.40. The van der Waals surface area contributed by atoms with E-state index in [9.17, 15) is 8.78 Å². The van der Waals surface area contributed by atoms with Crippen LogP contribution < -0.4 is 5.32 Å². The summed E-state index contributed by atoms with van der Waals surface area (Å²) in [5.41, 5.74) is 0.213. The van der Waals surface area contributed by atoms with Gasteiger partial charge >= 0.3 is 0 Å². The van der Waals surface area contributed by atoms with E-state index in [0.717, 1.165) is 6.07 Å². The highest BCUT2D eigenvalue weighted by atomic mass is 19.2.